The summed E-state index contributed by atoms with van der Waals surface area (Å²) >= 11 is 0. The molecule has 1 saturated heterocycles. The van der Waals surface area contributed by atoms with Crippen LogP contribution in [0.25, 0.3) is 21.9 Å². The maximum atomic E-state index is 14.3. The number of nitrogens with zero attached hydrogens (tertiary/aromatic N) is 4. The van der Waals surface area contributed by atoms with E-state index in [1.54, 1.807) is 36.9 Å². The molecule has 4 N–H and O–H groups in total. The van der Waals surface area contributed by atoms with Gasteiger partial charge in [0.1, 0.15) is 11.8 Å². The molecule has 3 heterocycles. The van der Waals surface area contributed by atoms with Crippen molar-refractivity contribution >= 4 is 47.4 Å². The first kappa shape index (κ1) is 30.8. The largest absolute Gasteiger partial charge is 0.462 e. The van der Waals surface area contributed by atoms with E-state index in [1.807, 2.05) is 30.3 Å². The van der Waals surface area contributed by atoms with Crippen molar-refractivity contribution in [3.05, 3.63) is 48.8 Å². The lowest BCUT2D eigenvalue weighted by Gasteiger charge is -2.25. The van der Waals surface area contributed by atoms with Crippen LogP contribution in [0, 0.1) is 18.3 Å². The number of nitrogens with one attached hydrogen (secondary N) is 2. The van der Waals surface area contributed by atoms with Crippen LogP contribution in [0.3, 0.4) is 0 Å². The van der Waals surface area contributed by atoms with Crippen LogP contribution >= 0.6 is 7.75 Å². The number of carbonyl (C=O) groups excluding carboxylic acids is 1. The van der Waals surface area contributed by atoms with Crippen molar-refractivity contribution in [2.75, 3.05) is 17.7 Å². The van der Waals surface area contributed by atoms with Gasteiger partial charge in [0, 0.05) is 11.4 Å². The van der Waals surface area contributed by atoms with Gasteiger partial charge in [0.15, 0.2) is 23.2 Å². The van der Waals surface area contributed by atoms with E-state index in [0.29, 0.717) is 35.2 Å². The number of nitrogens with two attached hydrogens (primary N) is 1. The number of anilines is 2. The topological polar surface area (TPSA) is 165 Å². The van der Waals surface area contributed by atoms with Crippen LogP contribution in [0.2, 0.25) is 0 Å². The Balaban J connectivity index is 1.22. The zero-order valence-electron chi connectivity index (χ0n) is 25.3. The molecule has 236 valence electrons. The van der Waals surface area contributed by atoms with Gasteiger partial charge in [-0.2, -0.15) is 15.1 Å². The average Bonchev–Trinajstić information content (AvgIpc) is 3.56. The minimum Gasteiger partial charge on any atom is -0.462 e. The molecule has 1 saturated carbocycles. The Morgan fingerprint density at radius 2 is 1.98 bits per heavy atom. The average molecular weight is 634 g/mol. The number of terminal acetylenes is 1. The number of imidazole rings is 1. The zero-order valence-corrected chi connectivity index (χ0v) is 26.1. The van der Waals surface area contributed by atoms with Crippen LogP contribution in [0.15, 0.2) is 48.8 Å². The second-order valence-electron chi connectivity index (χ2n) is 11.5. The molecule has 0 radical (unpaired) electrons. The van der Waals surface area contributed by atoms with Crippen LogP contribution < -0.4 is 20.7 Å². The quantitative estimate of drug-likeness (QED) is 0.111. The van der Waals surface area contributed by atoms with Gasteiger partial charge >= 0.3 is 13.7 Å². The highest BCUT2D eigenvalue weighted by Crippen LogP contribution is 2.48. The number of rotatable bonds is 12. The van der Waals surface area contributed by atoms with Gasteiger partial charge < -0.3 is 25.0 Å². The molecule has 0 spiro atoms. The predicted molar refractivity (Wildman–Crippen MR) is 169 cm³/mol. The van der Waals surface area contributed by atoms with Crippen molar-refractivity contribution < 1.29 is 27.9 Å². The SMILES string of the molecule is C#C[C@H]1C[C@@H](CO[P@@](=O)(N[C@@H](C)C(=O)OC(C)C)Oc2cccc3ccccc23)O[C@H]1n1cnc2c(NC3CC3)nc(N)nc21. The molecule has 0 bridgehead atoms. The van der Waals surface area contributed by atoms with Gasteiger partial charge in [-0.15, -0.1) is 6.42 Å². The summed E-state index contributed by atoms with van der Waals surface area (Å²) in [6.07, 6.45) is 8.48. The van der Waals surface area contributed by atoms with Gasteiger partial charge in [-0.05, 0) is 51.5 Å². The van der Waals surface area contributed by atoms with E-state index < -0.39 is 32.1 Å². The predicted octanol–water partition coefficient (Wildman–Crippen LogP) is 4.81. The second-order valence-corrected chi connectivity index (χ2v) is 13.2. The molecule has 2 aromatic carbocycles. The van der Waals surface area contributed by atoms with Crippen LogP contribution in [0.5, 0.6) is 5.75 Å². The molecule has 2 aliphatic rings. The molecule has 4 aromatic rings. The van der Waals surface area contributed by atoms with Crippen molar-refractivity contribution in [2.45, 2.75) is 70.6 Å². The Morgan fingerprint density at radius 3 is 2.73 bits per heavy atom. The number of ether oxygens (including phenoxy) is 2. The molecule has 0 unspecified atom stereocenters. The molecule has 2 fully saturated rings. The molecule has 2 aromatic heterocycles. The lowest BCUT2D eigenvalue weighted by molar-refractivity contribution is -0.149. The summed E-state index contributed by atoms with van der Waals surface area (Å²) in [5, 5.41) is 7.71. The number of hydrogen-bond acceptors (Lipinski definition) is 11. The molecular weight excluding hydrogens is 597 g/mol. The number of benzene rings is 2. The fourth-order valence-electron chi connectivity index (χ4n) is 5.21. The second kappa shape index (κ2) is 12.7. The normalized spacial score (nSPS) is 21.8. The van der Waals surface area contributed by atoms with Gasteiger partial charge in [0.25, 0.3) is 0 Å². The molecule has 13 nitrogen and oxygen atoms in total. The van der Waals surface area contributed by atoms with E-state index in [1.165, 1.54) is 6.92 Å². The number of hydrogen-bond donors (Lipinski definition) is 3. The van der Waals surface area contributed by atoms with Crippen LogP contribution in [-0.4, -0.2) is 56.4 Å². The number of nitrogen functional groups attached to an aromatic ring is 1. The Kier molecular flexibility index (Phi) is 8.66. The summed E-state index contributed by atoms with van der Waals surface area (Å²) in [4.78, 5) is 25.9. The lowest BCUT2D eigenvalue weighted by atomic mass is 10.0. The van der Waals surface area contributed by atoms with Gasteiger partial charge in [0.05, 0.1) is 31.1 Å². The summed E-state index contributed by atoms with van der Waals surface area (Å²) in [6.45, 7) is 4.86. The van der Waals surface area contributed by atoms with E-state index in [0.717, 1.165) is 23.6 Å². The molecule has 1 aliphatic carbocycles. The molecule has 1 aliphatic heterocycles. The number of fused-ring (bicyclic) bond motifs is 2. The molecule has 14 heteroatoms. The fourth-order valence-corrected chi connectivity index (χ4v) is 6.75. The van der Waals surface area contributed by atoms with Crippen LogP contribution in [0.1, 0.15) is 46.3 Å². The van der Waals surface area contributed by atoms with Crippen molar-refractivity contribution in [1.82, 2.24) is 24.6 Å². The molecule has 5 atom stereocenters. The molecule has 6 rings (SSSR count). The smallest absolute Gasteiger partial charge is 0.459 e. The Hall–Kier alpha value is -4.21. The number of aromatic nitrogens is 4. The third-order valence-corrected chi connectivity index (χ3v) is 9.12. The van der Waals surface area contributed by atoms with Gasteiger partial charge in [-0.1, -0.05) is 42.3 Å². The van der Waals surface area contributed by atoms with E-state index in [2.05, 4.69) is 31.3 Å². The number of carbonyl (C=O) groups is 1. The highest BCUT2D eigenvalue weighted by molar-refractivity contribution is 7.52. The van der Waals surface area contributed by atoms with Crippen molar-refractivity contribution in [2.24, 2.45) is 5.92 Å². The van der Waals surface area contributed by atoms with E-state index in [9.17, 15) is 9.36 Å². The van der Waals surface area contributed by atoms with E-state index in [-0.39, 0.29) is 24.6 Å². The highest BCUT2D eigenvalue weighted by atomic mass is 31.2. The Morgan fingerprint density at radius 1 is 1.20 bits per heavy atom. The first-order chi connectivity index (χ1) is 21.6. The number of esters is 1. The summed E-state index contributed by atoms with van der Waals surface area (Å²) in [5.74, 6) is 2.82. The van der Waals surface area contributed by atoms with E-state index in [4.69, 9.17) is 30.7 Å². The third-order valence-electron chi connectivity index (χ3n) is 7.49. The lowest BCUT2D eigenvalue weighted by Crippen LogP contribution is -2.36. The minimum atomic E-state index is -4.17. The van der Waals surface area contributed by atoms with Gasteiger partial charge in [0.2, 0.25) is 5.95 Å². The highest BCUT2D eigenvalue weighted by Gasteiger charge is 2.40. The van der Waals surface area contributed by atoms with Crippen molar-refractivity contribution in [1.29, 1.82) is 0 Å². The van der Waals surface area contributed by atoms with Crippen molar-refractivity contribution in [3.63, 3.8) is 0 Å². The summed E-state index contributed by atoms with van der Waals surface area (Å²) in [5.41, 5.74) is 7.09. The third kappa shape index (κ3) is 6.89. The Bertz CT molecular complexity index is 1800. The molecule has 0 amide bonds. The maximum absolute atomic E-state index is 14.3. The zero-order chi connectivity index (χ0) is 31.7. The Labute approximate surface area is 260 Å². The van der Waals surface area contributed by atoms with Crippen LogP contribution in [-0.2, 0) is 23.4 Å². The van der Waals surface area contributed by atoms with E-state index >= 15 is 0 Å². The fraction of sp³-hybridized carbons (Fsp3) is 0.419. The maximum Gasteiger partial charge on any atom is 0.459 e. The van der Waals surface area contributed by atoms with Gasteiger partial charge in [-0.25, -0.2) is 9.55 Å². The molecular formula is C31H36N7O6P. The monoisotopic (exact) mass is 633 g/mol. The molecule has 45 heavy (non-hydrogen) atoms. The first-order valence-corrected chi connectivity index (χ1v) is 16.4. The van der Waals surface area contributed by atoms with Crippen molar-refractivity contribution in [3.8, 4) is 18.1 Å². The summed E-state index contributed by atoms with van der Waals surface area (Å²) in [7, 11) is -4.17. The summed E-state index contributed by atoms with van der Waals surface area (Å²) < 4.78 is 39.7. The standard InChI is InChI=1S/C31H36N7O6P/c1-5-20-15-23(43-29(20)38-17-33-26-27(34-22-13-14-22)35-31(32)36-28(26)38)16-41-45(40,37-19(4)30(39)42-18(2)3)44-25-12-8-10-21-9-6-7-11-24(21)25/h1,6-12,17-20,22-23,29H,13-16H2,2-4H3,(H,37,40)(H3,32,34,35,36)/t19-,20-,23-,29+,45-/m0/s1. The first-order valence-electron chi connectivity index (χ1n) is 14.9. The summed E-state index contributed by atoms with van der Waals surface area (Å²) in [6, 6.07) is 12.3. The van der Waals surface area contributed by atoms with Crippen LogP contribution in [0.4, 0.5) is 11.8 Å². The van der Waals surface area contributed by atoms with Gasteiger partial charge in [-0.3, -0.25) is 13.9 Å². The minimum absolute atomic E-state index is 0.102.